The lowest BCUT2D eigenvalue weighted by atomic mass is 9.48. The molecule has 2 bridgehead atoms. The van der Waals surface area contributed by atoms with Crippen LogP contribution in [0, 0.1) is 5.92 Å². The van der Waals surface area contributed by atoms with Gasteiger partial charge in [-0.2, -0.15) is 8.42 Å². The van der Waals surface area contributed by atoms with Crippen LogP contribution in [0.25, 0.3) is 0 Å². The van der Waals surface area contributed by atoms with Gasteiger partial charge in [0.15, 0.2) is 11.5 Å². The highest BCUT2D eigenvalue weighted by Gasteiger charge is 2.73. The molecule has 1 saturated heterocycles. The first-order valence-corrected chi connectivity index (χ1v) is 12.8. The zero-order chi connectivity index (χ0) is 20.9. The summed E-state index contributed by atoms with van der Waals surface area (Å²) in [6.07, 6.45) is 4.97. The molecule has 30 heavy (non-hydrogen) atoms. The van der Waals surface area contributed by atoms with Gasteiger partial charge in [-0.1, -0.05) is 6.07 Å². The molecule has 0 radical (unpaired) electrons. The van der Waals surface area contributed by atoms with Crippen molar-refractivity contribution in [2.24, 2.45) is 5.92 Å². The third kappa shape index (κ3) is 2.45. The molecule has 0 aromatic heterocycles. The monoisotopic (exact) mass is 435 g/mol. The van der Waals surface area contributed by atoms with E-state index in [1.165, 1.54) is 18.4 Å². The molecule has 2 heterocycles. The van der Waals surface area contributed by atoms with Crippen molar-refractivity contribution >= 4 is 10.1 Å². The molecule has 7 nitrogen and oxygen atoms in total. The second kappa shape index (κ2) is 6.12. The molecule has 164 valence electrons. The zero-order valence-corrected chi connectivity index (χ0v) is 18.3. The SMILES string of the molecule is COc1ccc2c3c1O[C@H]1[C@@H](OS(C)(=O)=O)CC[C@@]4(O)[C@@H](C2)N(CC2CC2)CC[C@]314. The molecular weight excluding hydrogens is 406 g/mol. The van der Waals surface area contributed by atoms with Crippen molar-refractivity contribution in [3.05, 3.63) is 23.3 Å². The lowest BCUT2D eigenvalue weighted by Gasteiger charge is -2.64. The van der Waals surface area contributed by atoms with E-state index < -0.39 is 33.3 Å². The number of rotatable bonds is 5. The summed E-state index contributed by atoms with van der Waals surface area (Å²) >= 11 is 0. The van der Waals surface area contributed by atoms with Crippen molar-refractivity contribution in [2.75, 3.05) is 26.5 Å². The second-order valence-corrected chi connectivity index (χ2v) is 11.5. The molecule has 5 aliphatic rings. The van der Waals surface area contributed by atoms with E-state index in [2.05, 4.69) is 11.0 Å². The van der Waals surface area contributed by atoms with Crippen LogP contribution in [0.15, 0.2) is 12.1 Å². The van der Waals surface area contributed by atoms with Crippen LogP contribution in [0.4, 0.5) is 0 Å². The highest BCUT2D eigenvalue weighted by Crippen LogP contribution is 2.66. The van der Waals surface area contributed by atoms with E-state index in [1.54, 1.807) is 7.11 Å². The van der Waals surface area contributed by atoms with E-state index in [4.69, 9.17) is 13.7 Å². The Labute approximate surface area is 177 Å². The number of hydrogen-bond donors (Lipinski definition) is 1. The number of aliphatic hydroxyl groups is 1. The van der Waals surface area contributed by atoms with Crippen LogP contribution in [0.5, 0.6) is 11.5 Å². The molecule has 3 fully saturated rings. The molecule has 6 rings (SSSR count). The Morgan fingerprint density at radius 2 is 2.07 bits per heavy atom. The molecule has 5 atom stereocenters. The zero-order valence-electron chi connectivity index (χ0n) is 17.5. The highest BCUT2D eigenvalue weighted by molar-refractivity contribution is 7.86. The summed E-state index contributed by atoms with van der Waals surface area (Å²) in [5, 5.41) is 12.3. The molecule has 1 aromatic rings. The van der Waals surface area contributed by atoms with Crippen molar-refractivity contribution < 1.29 is 27.2 Å². The van der Waals surface area contributed by atoms with Gasteiger partial charge in [0.2, 0.25) is 0 Å². The Morgan fingerprint density at radius 3 is 2.77 bits per heavy atom. The smallest absolute Gasteiger partial charge is 0.264 e. The predicted molar refractivity (Wildman–Crippen MR) is 109 cm³/mol. The third-order valence-electron chi connectivity index (χ3n) is 8.21. The van der Waals surface area contributed by atoms with Crippen LogP contribution in [0.2, 0.25) is 0 Å². The van der Waals surface area contributed by atoms with Gasteiger partial charge in [-0.3, -0.25) is 9.08 Å². The molecule has 0 amide bonds. The molecule has 1 N–H and O–H groups in total. The lowest BCUT2D eigenvalue weighted by Crippen LogP contribution is -2.77. The number of methoxy groups -OCH3 is 1. The number of benzene rings is 1. The van der Waals surface area contributed by atoms with Gasteiger partial charge in [0, 0.05) is 18.2 Å². The minimum absolute atomic E-state index is 0.0176. The first-order chi connectivity index (χ1) is 14.3. The quantitative estimate of drug-likeness (QED) is 0.703. The maximum absolute atomic E-state index is 12.3. The summed E-state index contributed by atoms with van der Waals surface area (Å²) in [5.41, 5.74) is 0.581. The number of ether oxygens (including phenoxy) is 2. The Balaban J connectivity index is 1.52. The van der Waals surface area contributed by atoms with Crippen LogP contribution < -0.4 is 9.47 Å². The average Bonchev–Trinajstić information content (AvgIpc) is 3.42. The molecular formula is C22H29NO6S. The first-order valence-electron chi connectivity index (χ1n) is 11.0. The van der Waals surface area contributed by atoms with Crippen LogP contribution in [-0.2, 0) is 26.1 Å². The highest BCUT2D eigenvalue weighted by atomic mass is 32.2. The van der Waals surface area contributed by atoms with Gasteiger partial charge < -0.3 is 14.6 Å². The molecule has 2 saturated carbocycles. The van der Waals surface area contributed by atoms with E-state index >= 15 is 0 Å². The van der Waals surface area contributed by atoms with Crippen molar-refractivity contribution in [3.63, 3.8) is 0 Å². The minimum Gasteiger partial charge on any atom is -0.493 e. The topological polar surface area (TPSA) is 85.3 Å². The maximum atomic E-state index is 12.3. The van der Waals surface area contributed by atoms with Crippen LogP contribution in [0.1, 0.15) is 43.2 Å². The Morgan fingerprint density at radius 1 is 1.27 bits per heavy atom. The largest absolute Gasteiger partial charge is 0.493 e. The van der Waals surface area contributed by atoms with Gasteiger partial charge in [-0.25, -0.2) is 0 Å². The minimum atomic E-state index is -3.65. The predicted octanol–water partition coefficient (Wildman–Crippen LogP) is 1.60. The summed E-state index contributed by atoms with van der Waals surface area (Å²) in [5.74, 6) is 2.05. The van der Waals surface area contributed by atoms with Gasteiger partial charge >= 0.3 is 0 Å². The van der Waals surface area contributed by atoms with E-state index in [0.29, 0.717) is 24.3 Å². The fourth-order valence-electron chi connectivity index (χ4n) is 6.91. The fraction of sp³-hybridized carbons (Fsp3) is 0.727. The second-order valence-electron chi connectivity index (χ2n) is 9.85. The van der Waals surface area contributed by atoms with Gasteiger partial charge in [0.05, 0.1) is 24.4 Å². The average molecular weight is 436 g/mol. The molecule has 1 aromatic carbocycles. The van der Waals surface area contributed by atoms with E-state index in [1.807, 2.05) is 6.07 Å². The van der Waals surface area contributed by atoms with Gasteiger partial charge in [-0.15, -0.1) is 0 Å². The third-order valence-corrected chi connectivity index (χ3v) is 8.81. The summed E-state index contributed by atoms with van der Waals surface area (Å²) in [6, 6.07) is 4.04. The standard InChI is InChI=1S/C22H29NO6S/c1-27-15-6-5-14-11-17-22(24)8-7-16(29-30(2,25)26)20-21(22,18(14)19(15)28-20)9-10-23(17)12-13-3-4-13/h5-6,13,16-17,20,24H,3-4,7-12H2,1-2H3/t16-,17+,20-,21-,22+/m0/s1. The van der Waals surface area contributed by atoms with E-state index in [0.717, 1.165) is 43.7 Å². The fourth-order valence-corrected chi connectivity index (χ4v) is 7.56. The number of likely N-dealkylation sites (tertiary alicyclic amines) is 1. The number of piperidine rings is 1. The van der Waals surface area contributed by atoms with Crippen molar-refractivity contribution in [2.45, 2.75) is 67.8 Å². The summed E-state index contributed by atoms with van der Waals surface area (Å²) in [6.45, 7) is 1.92. The number of nitrogens with zero attached hydrogens (tertiary/aromatic N) is 1. The molecule has 0 unspecified atom stereocenters. The Hall–Kier alpha value is -1.35. The molecule has 8 heteroatoms. The van der Waals surface area contributed by atoms with Gasteiger partial charge in [0.25, 0.3) is 10.1 Å². The Bertz CT molecular complexity index is 1010. The first kappa shape index (κ1) is 19.3. The summed E-state index contributed by atoms with van der Waals surface area (Å²) in [7, 11) is -2.03. The van der Waals surface area contributed by atoms with Crippen molar-refractivity contribution in [1.82, 2.24) is 4.90 Å². The molecule has 2 aliphatic heterocycles. The van der Waals surface area contributed by atoms with Crippen LogP contribution in [0.3, 0.4) is 0 Å². The summed E-state index contributed by atoms with van der Waals surface area (Å²) < 4.78 is 41.6. The normalized spacial score (nSPS) is 39.4. The van der Waals surface area contributed by atoms with E-state index in [-0.39, 0.29) is 6.04 Å². The van der Waals surface area contributed by atoms with Crippen molar-refractivity contribution in [3.8, 4) is 11.5 Å². The van der Waals surface area contributed by atoms with Gasteiger partial charge in [0.1, 0.15) is 12.2 Å². The van der Waals surface area contributed by atoms with Gasteiger partial charge in [-0.05, 0) is 62.6 Å². The molecule has 1 spiro atoms. The van der Waals surface area contributed by atoms with Crippen LogP contribution >= 0.6 is 0 Å². The Kier molecular flexibility index (Phi) is 3.95. The lowest BCUT2D eigenvalue weighted by molar-refractivity contribution is -0.204. The summed E-state index contributed by atoms with van der Waals surface area (Å²) in [4.78, 5) is 2.49. The van der Waals surface area contributed by atoms with Crippen LogP contribution in [-0.4, -0.2) is 68.7 Å². The number of hydrogen-bond acceptors (Lipinski definition) is 7. The van der Waals surface area contributed by atoms with E-state index in [9.17, 15) is 13.5 Å². The maximum Gasteiger partial charge on any atom is 0.264 e. The van der Waals surface area contributed by atoms with Crippen molar-refractivity contribution in [1.29, 1.82) is 0 Å². The molecule has 3 aliphatic carbocycles.